The van der Waals surface area contributed by atoms with E-state index in [2.05, 4.69) is 4.98 Å². The van der Waals surface area contributed by atoms with Crippen LogP contribution in [0.15, 0.2) is 34.9 Å². The highest BCUT2D eigenvalue weighted by atomic mass is 19.1. The Morgan fingerprint density at radius 1 is 1.42 bits per heavy atom. The zero-order valence-electron chi connectivity index (χ0n) is 13.4. The fourth-order valence-electron chi connectivity index (χ4n) is 2.70. The molecular weight excluding hydrogens is 315 g/mol. The monoisotopic (exact) mass is 334 g/mol. The molecule has 0 bridgehead atoms. The van der Waals surface area contributed by atoms with Crippen LogP contribution in [0.25, 0.3) is 0 Å². The average molecular weight is 334 g/mol. The number of methoxy groups -OCH3 is 1. The van der Waals surface area contributed by atoms with Crippen LogP contribution in [0.4, 0.5) is 4.39 Å². The third-order valence-corrected chi connectivity index (χ3v) is 3.92. The summed E-state index contributed by atoms with van der Waals surface area (Å²) in [5.74, 6) is 0.695. The van der Waals surface area contributed by atoms with Gasteiger partial charge >= 0.3 is 0 Å². The van der Waals surface area contributed by atoms with Crippen molar-refractivity contribution in [3.05, 3.63) is 47.9 Å². The number of hydrogen-bond donors (Lipinski definition) is 0. The van der Waals surface area contributed by atoms with Crippen molar-refractivity contribution in [2.45, 2.75) is 13.0 Å². The first-order chi connectivity index (χ1) is 11.7. The van der Waals surface area contributed by atoms with E-state index in [9.17, 15) is 9.18 Å². The van der Waals surface area contributed by atoms with Gasteiger partial charge < -0.3 is 18.8 Å². The van der Waals surface area contributed by atoms with E-state index in [-0.39, 0.29) is 24.0 Å². The van der Waals surface area contributed by atoms with E-state index in [0.29, 0.717) is 37.3 Å². The molecule has 2 aromatic rings. The van der Waals surface area contributed by atoms with E-state index >= 15 is 0 Å². The normalized spacial score (nSPS) is 17.2. The maximum absolute atomic E-state index is 12.8. The summed E-state index contributed by atoms with van der Waals surface area (Å²) >= 11 is 0. The van der Waals surface area contributed by atoms with Gasteiger partial charge in [-0.3, -0.25) is 4.79 Å². The van der Waals surface area contributed by atoms with Crippen LogP contribution in [0, 0.1) is 11.7 Å². The molecule has 2 heterocycles. The number of ether oxygens (including phenoxy) is 2. The molecule has 0 saturated carbocycles. The number of oxazole rings is 1. The van der Waals surface area contributed by atoms with Gasteiger partial charge in [0.1, 0.15) is 17.8 Å². The molecule has 0 unspecified atom stereocenters. The summed E-state index contributed by atoms with van der Waals surface area (Å²) in [6, 6.07) is 5.66. The Hall–Kier alpha value is -2.41. The summed E-state index contributed by atoms with van der Waals surface area (Å²) in [7, 11) is 1.66. The van der Waals surface area contributed by atoms with Crippen LogP contribution < -0.4 is 4.74 Å². The first-order valence-electron chi connectivity index (χ1n) is 7.76. The number of carbonyl (C=O) groups is 1. The molecule has 0 aliphatic carbocycles. The zero-order chi connectivity index (χ0) is 16.9. The smallest absolute Gasteiger partial charge is 0.275 e. The predicted molar refractivity (Wildman–Crippen MR) is 83.1 cm³/mol. The van der Waals surface area contributed by atoms with Crippen LogP contribution in [0.2, 0.25) is 0 Å². The van der Waals surface area contributed by atoms with Gasteiger partial charge in [-0.15, -0.1) is 0 Å². The third-order valence-electron chi connectivity index (χ3n) is 3.92. The molecule has 1 saturated heterocycles. The number of halogens is 1. The van der Waals surface area contributed by atoms with Crippen LogP contribution >= 0.6 is 0 Å². The molecule has 0 radical (unpaired) electrons. The maximum Gasteiger partial charge on any atom is 0.275 e. The van der Waals surface area contributed by atoms with Crippen molar-refractivity contribution < 1.29 is 23.1 Å². The molecule has 1 aliphatic heterocycles. The molecule has 0 spiro atoms. The van der Waals surface area contributed by atoms with Crippen molar-refractivity contribution in [2.75, 3.05) is 26.8 Å². The highest BCUT2D eigenvalue weighted by Crippen LogP contribution is 2.19. The van der Waals surface area contributed by atoms with Gasteiger partial charge in [-0.05, 0) is 30.7 Å². The molecule has 1 amide bonds. The van der Waals surface area contributed by atoms with Gasteiger partial charge in [0.15, 0.2) is 12.3 Å². The molecule has 24 heavy (non-hydrogen) atoms. The lowest BCUT2D eigenvalue weighted by molar-refractivity contribution is 0.0769. The molecule has 6 nitrogen and oxygen atoms in total. The van der Waals surface area contributed by atoms with Gasteiger partial charge in [0.05, 0.1) is 6.61 Å². The molecule has 128 valence electrons. The fraction of sp³-hybridized carbons (Fsp3) is 0.412. The van der Waals surface area contributed by atoms with Crippen molar-refractivity contribution in [1.82, 2.24) is 9.88 Å². The first kappa shape index (κ1) is 16.4. The lowest BCUT2D eigenvalue weighted by Crippen LogP contribution is -2.29. The maximum atomic E-state index is 12.8. The third kappa shape index (κ3) is 3.91. The van der Waals surface area contributed by atoms with Crippen molar-refractivity contribution >= 4 is 5.91 Å². The molecule has 1 fully saturated rings. The number of carbonyl (C=O) groups excluding carboxylic acids is 1. The van der Waals surface area contributed by atoms with E-state index < -0.39 is 0 Å². The molecule has 3 rings (SSSR count). The molecule has 1 aromatic carbocycles. The minimum absolute atomic E-state index is 0.0746. The van der Waals surface area contributed by atoms with Crippen molar-refractivity contribution in [2.24, 2.45) is 5.92 Å². The molecular formula is C17H19FN2O4. The Bertz CT molecular complexity index is 686. The lowest BCUT2D eigenvalue weighted by Gasteiger charge is -2.14. The van der Waals surface area contributed by atoms with Crippen LogP contribution in [0.5, 0.6) is 5.75 Å². The minimum Gasteiger partial charge on any atom is -0.484 e. The Balaban J connectivity index is 1.55. The van der Waals surface area contributed by atoms with Gasteiger partial charge in [0.2, 0.25) is 5.89 Å². The van der Waals surface area contributed by atoms with Crippen molar-refractivity contribution in [3.8, 4) is 5.75 Å². The number of aromatic nitrogens is 1. The van der Waals surface area contributed by atoms with Gasteiger partial charge in [-0.25, -0.2) is 9.37 Å². The quantitative estimate of drug-likeness (QED) is 0.812. The van der Waals surface area contributed by atoms with E-state index in [1.165, 1.54) is 30.5 Å². The second-order valence-corrected chi connectivity index (χ2v) is 5.73. The van der Waals surface area contributed by atoms with E-state index in [0.717, 1.165) is 6.42 Å². The molecule has 7 heteroatoms. The standard InChI is InChI=1S/C17H19FN2O4/c1-22-9-12-6-7-20(8-12)17(21)15-10-24-16(19-15)11-23-14-4-2-13(18)3-5-14/h2-5,10,12H,6-9,11H2,1H3/t12-/m1/s1. The largest absolute Gasteiger partial charge is 0.484 e. The lowest BCUT2D eigenvalue weighted by atomic mass is 10.1. The van der Waals surface area contributed by atoms with Crippen LogP contribution in [0.3, 0.4) is 0 Å². The van der Waals surface area contributed by atoms with E-state index in [1.807, 2.05) is 0 Å². The Labute approximate surface area is 139 Å². The highest BCUT2D eigenvalue weighted by molar-refractivity contribution is 5.92. The van der Waals surface area contributed by atoms with Gasteiger partial charge in [0.25, 0.3) is 5.91 Å². The zero-order valence-corrected chi connectivity index (χ0v) is 13.4. The van der Waals surface area contributed by atoms with E-state index in [4.69, 9.17) is 13.9 Å². The Kier molecular flexibility index (Phi) is 5.10. The second-order valence-electron chi connectivity index (χ2n) is 5.73. The summed E-state index contributed by atoms with van der Waals surface area (Å²) in [4.78, 5) is 18.3. The Morgan fingerprint density at radius 2 is 2.21 bits per heavy atom. The first-order valence-corrected chi connectivity index (χ1v) is 7.76. The number of benzene rings is 1. The van der Waals surface area contributed by atoms with Gasteiger partial charge in [-0.1, -0.05) is 0 Å². The number of likely N-dealkylation sites (tertiary alicyclic amines) is 1. The SMILES string of the molecule is COC[C@@H]1CCN(C(=O)c2coc(COc3ccc(F)cc3)n2)C1. The Morgan fingerprint density at radius 3 is 2.96 bits per heavy atom. The molecule has 1 aromatic heterocycles. The summed E-state index contributed by atoms with van der Waals surface area (Å²) in [6.45, 7) is 2.09. The van der Waals surface area contributed by atoms with Crippen molar-refractivity contribution in [3.63, 3.8) is 0 Å². The van der Waals surface area contributed by atoms with Crippen LogP contribution in [-0.2, 0) is 11.3 Å². The fourth-order valence-corrected chi connectivity index (χ4v) is 2.70. The summed E-state index contributed by atoms with van der Waals surface area (Å²) in [6.07, 6.45) is 2.27. The number of rotatable bonds is 6. The van der Waals surface area contributed by atoms with Gasteiger partial charge in [0, 0.05) is 26.1 Å². The molecule has 1 atom stereocenters. The van der Waals surface area contributed by atoms with Crippen molar-refractivity contribution in [1.29, 1.82) is 0 Å². The number of nitrogens with zero attached hydrogens (tertiary/aromatic N) is 2. The highest BCUT2D eigenvalue weighted by Gasteiger charge is 2.28. The molecule has 0 N–H and O–H groups in total. The average Bonchev–Trinajstić information content (AvgIpc) is 3.24. The van der Waals surface area contributed by atoms with Gasteiger partial charge in [-0.2, -0.15) is 0 Å². The number of hydrogen-bond acceptors (Lipinski definition) is 5. The summed E-state index contributed by atoms with van der Waals surface area (Å²) < 4.78 is 28.7. The topological polar surface area (TPSA) is 64.8 Å². The van der Waals surface area contributed by atoms with Crippen LogP contribution in [0.1, 0.15) is 22.8 Å². The summed E-state index contributed by atoms with van der Waals surface area (Å²) in [5.41, 5.74) is 0.269. The predicted octanol–water partition coefficient (Wildman–Crippen LogP) is 2.50. The second kappa shape index (κ2) is 7.44. The van der Waals surface area contributed by atoms with Crippen LogP contribution in [-0.4, -0.2) is 42.6 Å². The number of amides is 1. The van der Waals surface area contributed by atoms with E-state index in [1.54, 1.807) is 12.0 Å². The summed E-state index contributed by atoms with van der Waals surface area (Å²) in [5, 5.41) is 0. The minimum atomic E-state index is -0.330. The molecule has 1 aliphatic rings.